The molecule has 0 aliphatic carbocycles. The van der Waals surface area contributed by atoms with Gasteiger partial charge in [0, 0.05) is 0 Å². The molecule has 23 heavy (non-hydrogen) atoms. The lowest BCUT2D eigenvalue weighted by molar-refractivity contribution is 0.257. The van der Waals surface area contributed by atoms with Crippen LogP contribution in [0, 0.1) is 20.8 Å². The van der Waals surface area contributed by atoms with Crippen LogP contribution in [-0.2, 0) is 0 Å². The van der Waals surface area contributed by atoms with E-state index < -0.39 is 0 Å². The Balaban J connectivity index is 1.71. The van der Waals surface area contributed by atoms with Crippen LogP contribution in [0.2, 0.25) is 0 Å². The predicted molar refractivity (Wildman–Crippen MR) is 93.9 cm³/mol. The highest BCUT2D eigenvalue weighted by Crippen LogP contribution is 2.28. The second-order valence-electron chi connectivity index (χ2n) is 5.76. The smallest absolute Gasteiger partial charge is 0.161 e. The van der Waals surface area contributed by atoms with Crippen molar-refractivity contribution in [2.24, 2.45) is 0 Å². The number of hydrogen-bond donors (Lipinski definition) is 0. The third-order valence-corrected chi connectivity index (χ3v) is 3.93. The summed E-state index contributed by atoms with van der Waals surface area (Å²) in [5, 5.41) is 0. The fraction of sp³-hybridized carbons (Fsp3) is 0.400. The Morgan fingerprint density at radius 3 is 2.17 bits per heavy atom. The molecule has 124 valence electrons. The van der Waals surface area contributed by atoms with Crippen LogP contribution in [0.4, 0.5) is 0 Å². The van der Waals surface area contributed by atoms with Crippen molar-refractivity contribution in [1.29, 1.82) is 0 Å². The van der Waals surface area contributed by atoms with Crippen LogP contribution in [0.25, 0.3) is 0 Å². The van der Waals surface area contributed by atoms with E-state index in [-0.39, 0.29) is 0 Å². The maximum atomic E-state index is 5.85. The van der Waals surface area contributed by atoms with Gasteiger partial charge in [0.2, 0.25) is 0 Å². The molecule has 3 nitrogen and oxygen atoms in total. The van der Waals surface area contributed by atoms with Crippen LogP contribution in [0.15, 0.2) is 36.4 Å². The Hall–Kier alpha value is -2.16. The SMILES string of the molecule is COc1cc(C)ccc1OCCCCOc1cccc(C)c1C. The van der Waals surface area contributed by atoms with Crippen LogP contribution in [0.3, 0.4) is 0 Å². The summed E-state index contributed by atoms with van der Waals surface area (Å²) in [7, 11) is 1.67. The van der Waals surface area contributed by atoms with Gasteiger partial charge in [0.1, 0.15) is 5.75 Å². The van der Waals surface area contributed by atoms with Crippen molar-refractivity contribution in [3.63, 3.8) is 0 Å². The maximum absolute atomic E-state index is 5.85. The van der Waals surface area contributed by atoms with Crippen molar-refractivity contribution in [2.75, 3.05) is 20.3 Å². The summed E-state index contributed by atoms with van der Waals surface area (Å²) in [6.07, 6.45) is 1.91. The third kappa shape index (κ3) is 4.92. The van der Waals surface area contributed by atoms with Crippen LogP contribution >= 0.6 is 0 Å². The van der Waals surface area contributed by atoms with E-state index in [4.69, 9.17) is 14.2 Å². The number of methoxy groups -OCH3 is 1. The first kappa shape index (κ1) is 17.2. The Morgan fingerprint density at radius 2 is 1.48 bits per heavy atom. The van der Waals surface area contributed by atoms with E-state index >= 15 is 0 Å². The molecule has 0 spiro atoms. The molecule has 0 heterocycles. The van der Waals surface area contributed by atoms with Crippen LogP contribution in [-0.4, -0.2) is 20.3 Å². The molecule has 0 saturated heterocycles. The van der Waals surface area contributed by atoms with Gasteiger partial charge in [0.25, 0.3) is 0 Å². The molecule has 0 radical (unpaired) electrons. The zero-order chi connectivity index (χ0) is 16.7. The van der Waals surface area contributed by atoms with Crippen molar-refractivity contribution >= 4 is 0 Å². The minimum Gasteiger partial charge on any atom is -0.493 e. The largest absolute Gasteiger partial charge is 0.493 e. The molecule has 0 atom stereocenters. The van der Waals surface area contributed by atoms with Crippen LogP contribution in [0.1, 0.15) is 29.5 Å². The van der Waals surface area contributed by atoms with E-state index in [1.54, 1.807) is 7.11 Å². The highest BCUT2D eigenvalue weighted by Gasteiger charge is 2.04. The van der Waals surface area contributed by atoms with E-state index in [0.29, 0.717) is 13.2 Å². The zero-order valence-corrected chi connectivity index (χ0v) is 14.5. The van der Waals surface area contributed by atoms with Gasteiger partial charge in [-0.05, 0) is 68.5 Å². The second-order valence-corrected chi connectivity index (χ2v) is 5.76. The monoisotopic (exact) mass is 314 g/mol. The lowest BCUT2D eigenvalue weighted by atomic mass is 10.1. The minimum absolute atomic E-state index is 0.662. The summed E-state index contributed by atoms with van der Waals surface area (Å²) in [6, 6.07) is 12.1. The zero-order valence-electron chi connectivity index (χ0n) is 14.5. The second kappa shape index (κ2) is 8.47. The topological polar surface area (TPSA) is 27.7 Å². The fourth-order valence-corrected chi connectivity index (χ4v) is 2.34. The van der Waals surface area contributed by atoms with Crippen molar-refractivity contribution in [3.8, 4) is 17.2 Å². The Morgan fingerprint density at radius 1 is 0.783 bits per heavy atom. The normalized spacial score (nSPS) is 10.4. The van der Waals surface area contributed by atoms with Crippen LogP contribution < -0.4 is 14.2 Å². The molecule has 0 saturated carbocycles. The van der Waals surface area contributed by atoms with Gasteiger partial charge in [-0.25, -0.2) is 0 Å². The first-order valence-electron chi connectivity index (χ1n) is 8.08. The molecule has 0 bridgehead atoms. The molecule has 2 rings (SSSR count). The van der Waals surface area contributed by atoms with Crippen molar-refractivity contribution in [3.05, 3.63) is 53.1 Å². The molecular weight excluding hydrogens is 288 g/mol. The molecular formula is C20H26O3. The molecule has 3 heteroatoms. The lowest BCUT2D eigenvalue weighted by Crippen LogP contribution is -2.04. The summed E-state index contributed by atoms with van der Waals surface area (Å²) in [4.78, 5) is 0. The van der Waals surface area contributed by atoms with E-state index in [9.17, 15) is 0 Å². The van der Waals surface area contributed by atoms with E-state index in [1.165, 1.54) is 11.1 Å². The number of aryl methyl sites for hydroxylation is 2. The Labute approximate surface area is 139 Å². The van der Waals surface area contributed by atoms with E-state index in [0.717, 1.165) is 35.7 Å². The van der Waals surface area contributed by atoms with Gasteiger partial charge >= 0.3 is 0 Å². The standard InChI is InChI=1S/C20H26O3/c1-15-10-11-19(20(14-15)21-4)23-13-6-5-12-22-18-9-7-8-16(2)17(18)3/h7-11,14H,5-6,12-13H2,1-4H3. The van der Waals surface area contributed by atoms with Gasteiger partial charge in [-0.1, -0.05) is 18.2 Å². The molecule has 0 fully saturated rings. The molecule has 0 aliphatic heterocycles. The van der Waals surface area contributed by atoms with E-state index in [2.05, 4.69) is 19.9 Å². The average molecular weight is 314 g/mol. The number of benzene rings is 2. The van der Waals surface area contributed by atoms with E-state index in [1.807, 2.05) is 37.3 Å². The number of rotatable bonds is 8. The van der Waals surface area contributed by atoms with Gasteiger partial charge in [-0.2, -0.15) is 0 Å². The van der Waals surface area contributed by atoms with Gasteiger partial charge in [-0.15, -0.1) is 0 Å². The fourth-order valence-electron chi connectivity index (χ4n) is 2.34. The molecule has 0 aliphatic rings. The maximum Gasteiger partial charge on any atom is 0.161 e. The Bertz CT molecular complexity index is 635. The lowest BCUT2D eigenvalue weighted by Gasteiger charge is -2.12. The average Bonchev–Trinajstić information content (AvgIpc) is 2.55. The van der Waals surface area contributed by atoms with Gasteiger partial charge in [0.05, 0.1) is 20.3 Å². The third-order valence-electron chi connectivity index (χ3n) is 3.93. The predicted octanol–water partition coefficient (Wildman–Crippen LogP) is 4.86. The summed E-state index contributed by atoms with van der Waals surface area (Å²) in [5.74, 6) is 2.57. The Kier molecular flexibility index (Phi) is 6.33. The highest BCUT2D eigenvalue weighted by atomic mass is 16.5. The summed E-state index contributed by atoms with van der Waals surface area (Å²) < 4.78 is 17.0. The van der Waals surface area contributed by atoms with Crippen molar-refractivity contribution < 1.29 is 14.2 Å². The first-order chi connectivity index (χ1) is 11.1. The molecule has 0 aromatic heterocycles. The quantitative estimate of drug-likeness (QED) is 0.651. The number of unbranched alkanes of at least 4 members (excludes halogenated alkanes) is 1. The molecule has 2 aromatic rings. The molecule has 0 amide bonds. The molecule has 2 aromatic carbocycles. The van der Waals surface area contributed by atoms with Gasteiger partial charge < -0.3 is 14.2 Å². The van der Waals surface area contributed by atoms with Gasteiger partial charge in [-0.3, -0.25) is 0 Å². The summed E-state index contributed by atoms with van der Waals surface area (Å²) in [6.45, 7) is 7.60. The van der Waals surface area contributed by atoms with Crippen molar-refractivity contribution in [2.45, 2.75) is 33.6 Å². The summed E-state index contributed by atoms with van der Waals surface area (Å²) in [5.41, 5.74) is 3.64. The highest BCUT2D eigenvalue weighted by molar-refractivity contribution is 5.42. The molecule has 0 unspecified atom stereocenters. The van der Waals surface area contributed by atoms with Gasteiger partial charge in [0.15, 0.2) is 11.5 Å². The minimum atomic E-state index is 0.662. The van der Waals surface area contributed by atoms with Crippen LogP contribution in [0.5, 0.6) is 17.2 Å². The summed E-state index contributed by atoms with van der Waals surface area (Å²) >= 11 is 0. The first-order valence-corrected chi connectivity index (χ1v) is 8.08. The van der Waals surface area contributed by atoms with Crippen molar-refractivity contribution in [1.82, 2.24) is 0 Å². The number of hydrogen-bond acceptors (Lipinski definition) is 3. The number of ether oxygens (including phenoxy) is 3. The molecule has 0 N–H and O–H groups in total.